The predicted molar refractivity (Wildman–Crippen MR) is 92.7 cm³/mol. The Morgan fingerprint density at radius 1 is 1.58 bits per heavy atom. The number of nitrogens with two attached hydrogens (primary N) is 1. The maximum Gasteiger partial charge on any atom is 0.308 e. The molecule has 3 rings (SSSR count). The third-order valence-electron chi connectivity index (χ3n) is 4.15. The highest BCUT2D eigenvalue weighted by Crippen LogP contribution is 2.39. The van der Waals surface area contributed by atoms with Gasteiger partial charge >= 0.3 is 5.97 Å². The topological polar surface area (TPSA) is 136 Å². The average molecular weight is 361 g/mol. The summed E-state index contributed by atoms with van der Waals surface area (Å²) < 4.78 is 12.8. The normalized spacial score (nSPS) is 21.9. The Morgan fingerprint density at radius 2 is 2.31 bits per heavy atom. The molecule has 1 fully saturated rings. The molecule has 9 nitrogen and oxygen atoms in total. The van der Waals surface area contributed by atoms with Crippen LogP contribution in [0.1, 0.15) is 32.4 Å². The number of aliphatic hydroxyl groups excluding tert-OH is 1. The first kappa shape index (κ1) is 19.6. The number of carbonyl (C=O) groups is 1. The highest BCUT2D eigenvalue weighted by atomic mass is 16.6. The van der Waals surface area contributed by atoms with Gasteiger partial charge in [-0.2, -0.15) is 10.4 Å². The van der Waals surface area contributed by atoms with Crippen molar-refractivity contribution < 1.29 is 19.4 Å². The molecule has 0 amide bonds. The Morgan fingerprint density at radius 3 is 2.96 bits per heavy atom. The van der Waals surface area contributed by atoms with Crippen LogP contribution in [-0.2, 0) is 19.9 Å². The maximum atomic E-state index is 11.6. The molecular formula is C17H23N5O4. The van der Waals surface area contributed by atoms with E-state index >= 15 is 0 Å². The van der Waals surface area contributed by atoms with E-state index in [1.807, 2.05) is 0 Å². The van der Waals surface area contributed by atoms with Crippen molar-refractivity contribution in [1.82, 2.24) is 14.6 Å². The SMILES string of the molecule is CC(C)C(=O)OCC1CCC(C#N)(c2ccc3c(N)ncnn23)O1.CO. The van der Waals surface area contributed by atoms with Gasteiger partial charge in [0.05, 0.1) is 17.7 Å². The van der Waals surface area contributed by atoms with Crippen LogP contribution < -0.4 is 5.73 Å². The van der Waals surface area contributed by atoms with E-state index < -0.39 is 5.60 Å². The second kappa shape index (κ2) is 8.12. The third-order valence-corrected chi connectivity index (χ3v) is 4.15. The lowest BCUT2D eigenvalue weighted by atomic mass is 9.98. The van der Waals surface area contributed by atoms with E-state index in [9.17, 15) is 10.1 Å². The summed E-state index contributed by atoms with van der Waals surface area (Å²) in [7, 11) is 1.00. The van der Waals surface area contributed by atoms with E-state index in [0.29, 0.717) is 29.9 Å². The number of fused-ring (bicyclic) bond motifs is 1. The Bertz CT molecular complexity index is 813. The largest absolute Gasteiger partial charge is 0.463 e. The zero-order valence-electron chi connectivity index (χ0n) is 15.0. The predicted octanol–water partition coefficient (Wildman–Crippen LogP) is 1.02. The van der Waals surface area contributed by atoms with Crippen molar-refractivity contribution in [3.8, 4) is 6.07 Å². The molecule has 0 spiro atoms. The number of aliphatic hydroxyl groups is 1. The molecule has 0 aromatic carbocycles. The summed E-state index contributed by atoms with van der Waals surface area (Å²) in [6.07, 6.45) is 2.13. The fraction of sp³-hybridized carbons (Fsp3) is 0.529. The molecule has 1 aliphatic rings. The van der Waals surface area contributed by atoms with Crippen LogP contribution >= 0.6 is 0 Å². The zero-order valence-corrected chi connectivity index (χ0v) is 15.0. The second-order valence-electron chi connectivity index (χ2n) is 6.16. The lowest BCUT2D eigenvalue weighted by Gasteiger charge is -2.21. The lowest BCUT2D eigenvalue weighted by molar-refractivity contribution is -0.152. The number of nitriles is 1. The number of anilines is 1. The number of hydrogen-bond acceptors (Lipinski definition) is 8. The van der Waals surface area contributed by atoms with Crippen molar-refractivity contribution in [1.29, 1.82) is 5.26 Å². The monoisotopic (exact) mass is 361 g/mol. The minimum absolute atomic E-state index is 0.140. The molecular weight excluding hydrogens is 338 g/mol. The molecule has 2 atom stereocenters. The van der Waals surface area contributed by atoms with Crippen molar-refractivity contribution >= 4 is 17.3 Å². The molecule has 3 N–H and O–H groups in total. The number of aromatic nitrogens is 3. The number of hydrogen-bond donors (Lipinski definition) is 2. The van der Waals surface area contributed by atoms with Crippen molar-refractivity contribution in [2.45, 2.75) is 38.4 Å². The molecule has 0 aliphatic carbocycles. The van der Waals surface area contributed by atoms with Crippen LogP contribution in [0.3, 0.4) is 0 Å². The summed E-state index contributed by atoms with van der Waals surface area (Å²) in [6.45, 7) is 3.68. The summed E-state index contributed by atoms with van der Waals surface area (Å²) in [5.74, 6) is -0.132. The first-order chi connectivity index (χ1) is 12.5. The number of nitrogens with zero attached hydrogens (tertiary/aromatic N) is 4. The molecule has 2 unspecified atom stereocenters. The standard InChI is InChI=1S/C16H19N5O3.CH4O/c1-10(2)15(22)23-7-11-5-6-16(8-17,24-11)13-4-3-12-14(18)19-9-20-21(12)13;1-2/h3-4,9-11H,5-7H2,1-2H3,(H2,18,19,20);2H,1H3. The van der Waals surface area contributed by atoms with Crippen LogP contribution in [0.4, 0.5) is 5.82 Å². The summed E-state index contributed by atoms with van der Waals surface area (Å²) in [6, 6.07) is 5.78. The third kappa shape index (κ3) is 3.61. The van der Waals surface area contributed by atoms with Gasteiger partial charge in [-0.05, 0) is 25.0 Å². The number of carbonyl (C=O) groups excluding carboxylic acids is 1. The quantitative estimate of drug-likeness (QED) is 0.770. The van der Waals surface area contributed by atoms with Gasteiger partial charge < -0.3 is 20.3 Å². The molecule has 26 heavy (non-hydrogen) atoms. The zero-order chi connectivity index (χ0) is 19.3. The van der Waals surface area contributed by atoms with E-state index in [-0.39, 0.29) is 24.6 Å². The summed E-state index contributed by atoms with van der Waals surface area (Å²) >= 11 is 0. The van der Waals surface area contributed by atoms with Gasteiger partial charge in [0.2, 0.25) is 0 Å². The van der Waals surface area contributed by atoms with Crippen LogP contribution in [0.5, 0.6) is 0 Å². The van der Waals surface area contributed by atoms with E-state index in [1.165, 1.54) is 6.33 Å². The summed E-state index contributed by atoms with van der Waals surface area (Å²) in [5.41, 5.74) is 5.93. The van der Waals surface area contributed by atoms with Crippen LogP contribution in [0.15, 0.2) is 18.5 Å². The minimum atomic E-state index is -1.14. The Balaban J connectivity index is 0.00000117. The summed E-state index contributed by atoms with van der Waals surface area (Å²) in [4.78, 5) is 15.5. The second-order valence-corrected chi connectivity index (χ2v) is 6.16. The summed E-state index contributed by atoms with van der Waals surface area (Å²) in [5, 5.41) is 20.9. The van der Waals surface area contributed by atoms with Crippen LogP contribution in [0.2, 0.25) is 0 Å². The Kier molecular flexibility index (Phi) is 6.13. The number of ether oxygens (including phenoxy) is 2. The lowest BCUT2D eigenvalue weighted by Crippen LogP contribution is -2.29. The molecule has 140 valence electrons. The van der Waals surface area contributed by atoms with Crippen molar-refractivity contribution in [3.63, 3.8) is 0 Å². The maximum absolute atomic E-state index is 11.6. The fourth-order valence-electron chi connectivity index (χ4n) is 2.81. The van der Waals surface area contributed by atoms with E-state index in [4.69, 9.17) is 20.3 Å². The average Bonchev–Trinajstić information content (AvgIpc) is 3.27. The molecule has 2 aromatic rings. The van der Waals surface area contributed by atoms with Gasteiger partial charge in [0.15, 0.2) is 11.4 Å². The molecule has 0 saturated carbocycles. The van der Waals surface area contributed by atoms with E-state index in [1.54, 1.807) is 30.5 Å². The van der Waals surface area contributed by atoms with Gasteiger partial charge in [-0.1, -0.05) is 13.8 Å². The first-order valence-corrected chi connectivity index (χ1v) is 8.26. The Hall–Kier alpha value is -2.70. The van der Waals surface area contributed by atoms with Gasteiger partial charge in [-0.25, -0.2) is 9.50 Å². The van der Waals surface area contributed by atoms with Gasteiger partial charge in [0, 0.05) is 7.11 Å². The van der Waals surface area contributed by atoms with Gasteiger partial charge in [0.1, 0.15) is 24.5 Å². The first-order valence-electron chi connectivity index (χ1n) is 8.26. The smallest absolute Gasteiger partial charge is 0.308 e. The van der Waals surface area contributed by atoms with Crippen LogP contribution in [-0.4, -0.2) is 45.5 Å². The molecule has 1 aliphatic heterocycles. The van der Waals surface area contributed by atoms with Gasteiger partial charge in [0.25, 0.3) is 0 Å². The number of rotatable bonds is 4. The van der Waals surface area contributed by atoms with Gasteiger partial charge in [-0.15, -0.1) is 0 Å². The fourth-order valence-corrected chi connectivity index (χ4v) is 2.81. The molecule has 0 bridgehead atoms. The minimum Gasteiger partial charge on any atom is -0.463 e. The van der Waals surface area contributed by atoms with Crippen molar-refractivity contribution in [2.75, 3.05) is 19.5 Å². The van der Waals surface area contributed by atoms with Crippen molar-refractivity contribution in [2.24, 2.45) is 5.92 Å². The van der Waals surface area contributed by atoms with E-state index in [0.717, 1.165) is 7.11 Å². The van der Waals surface area contributed by atoms with E-state index in [2.05, 4.69) is 16.2 Å². The number of esters is 1. The van der Waals surface area contributed by atoms with Crippen LogP contribution in [0, 0.1) is 17.2 Å². The number of nitrogen functional groups attached to an aromatic ring is 1. The molecule has 0 radical (unpaired) electrons. The van der Waals surface area contributed by atoms with Crippen LogP contribution in [0.25, 0.3) is 5.52 Å². The highest BCUT2D eigenvalue weighted by molar-refractivity contribution is 5.71. The van der Waals surface area contributed by atoms with Crippen molar-refractivity contribution in [3.05, 3.63) is 24.2 Å². The van der Waals surface area contributed by atoms with Gasteiger partial charge in [-0.3, -0.25) is 4.79 Å². The molecule has 9 heteroatoms. The molecule has 3 heterocycles. The molecule has 2 aromatic heterocycles. The molecule has 1 saturated heterocycles. The highest BCUT2D eigenvalue weighted by Gasteiger charge is 2.45. The Labute approximate surface area is 151 Å².